The average molecular weight is 354 g/mol. The van der Waals surface area contributed by atoms with Crippen LogP contribution in [0.5, 0.6) is 5.75 Å². The van der Waals surface area contributed by atoms with Gasteiger partial charge in [-0.3, -0.25) is 4.99 Å². The molecule has 0 spiro atoms. The molecule has 0 bridgehead atoms. The number of nitrogens with zero attached hydrogens (tertiary/aromatic N) is 2. The van der Waals surface area contributed by atoms with Crippen molar-refractivity contribution in [3.8, 4) is 5.75 Å². The Bertz CT molecular complexity index is 504. The van der Waals surface area contributed by atoms with Crippen LogP contribution in [0, 0.1) is 5.92 Å². The first kappa shape index (κ1) is 16.1. The molecular formula is C16H24BrN3O. The summed E-state index contributed by atoms with van der Waals surface area (Å²) >= 11 is 3.52. The van der Waals surface area contributed by atoms with Crippen LogP contribution in [-0.4, -0.2) is 38.1 Å². The number of aliphatic imine (C=N–C) groups is 1. The molecule has 21 heavy (non-hydrogen) atoms. The first-order valence-electron chi connectivity index (χ1n) is 7.42. The number of hydrogen-bond donors (Lipinski definition) is 1. The third-order valence-corrected chi connectivity index (χ3v) is 4.45. The number of likely N-dealkylation sites (tertiary alicyclic amines) is 1. The predicted octanol–water partition coefficient (Wildman–Crippen LogP) is 3.27. The summed E-state index contributed by atoms with van der Waals surface area (Å²) in [7, 11) is 3.53. The lowest BCUT2D eigenvalue weighted by molar-refractivity contribution is 0.266. The molecule has 1 saturated heterocycles. The Morgan fingerprint density at radius 2 is 2.33 bits per heavy atom. The highest BCUT2D eigenvalue weighted by Crippen LogP contribution is 2.25. The number of piperidine rings is 1. The molecule has 1 heterocycles. The van der Waals surface area contributed by atoms with Gasteiger partial charge >= 0.3 is 0 Å². The third kappa shape index (κ3) is 4.37. The van der Waals surface area contributed by atoms with E-state index in [1.807, 2.05) is 13.1 Å². The van der Waals surface area contributed by atoms with Gasteiger partial charge in [-0.25, -0.2) is 0 Å². The van der Waals surface area contributed by atoms with E-state index in [0.717, 1.165) is 41.7 Å². The smallest absolute Gasteiger partial charge is 0.193 e. The summed E-state index contributed by atoms with van der Waals surface area (Å²) in [5.74, 6) is 2.59. The Labute approximate surface area is 135 Å². The number of guanidine groups is 1. The molecule has 1 N–H and O–H groups in total. The van der Waals surface area contributed by atoms with Crippen LogP contribution in [0.25, 0.3) is 0 Å². The molecule has 2 rings (SSSR count). The fourth-order valence-electron chi connectivity index (χ4n) is 2.72. The second-order valence-electron chi connectivity index (χ2n) is 5.56. The number of nitrogens with one attached hydrogen (secondary N) is 1. The van der Waals surface area contributed by atoms with Gasteiger partial charge in [-0.05, 0) is 52.4 Å². The van der Waals surface area contributed by atoms with E-state index >= 15 is 0 Å². The maximum absolute atomic E-state index is 5.25. The second-order valence-corrected chi connectivity index (χ2v) is 6.42. The fourth-order valence-corrected chi connectivity index (χ4v) is 3.30. The molecule has 0 aromatic heterocycles. The van der Waals surface area contributed by atoms with Crippen LogP contribution in [0.3, 0.4) is 0 Å². The van der Waals surface area contributed by atoms with Crippen molar-refractivity contribution in [1.82, 2.24) is 10.2 Å². The highest BCUT2D eigenvalue weighted by Gasteiger charge is 2.18. The number of ether oxygens (including phenoxy) is 1. The Kier molecular flexibility index (Phi) is 5.91. The molecule has 1 aliphatic heterocycles. The standard InChI is InChI=1S/C16H24BrN3O/c1-12-5-4-8-20(11-12)16(18-2)19-10-13-6-7-15(21-3)14(17)9-13/h6-7,9,12H,4-5,8,10-11H2,1-3H3,(H,18,19). The van der Waals surface area contributed by atoms with E-state index in [4.69, 9.17) is 4.74 Å². The predicted molar refractivity (Wildman–Crippen MR) is 90.9 cm³/mol. The average Bonchev–Trinajstić information content (AvgIpc) is 2.48. The van der Waals surface area contributed by atoms with Crippen LogP contribution in [-0.2, 0) is 6.54 Å². The summed E-state index contributed by atoms with van der Waals surface area (Å²) < 4.78 is 6.23. The number of benzene rings is 1. The lowest BCUT2D eigenvalue weighted by Gasteiger charge is -2.33. The molecular weight excluding hydrogens is 330 g/mol. The molecule has 0 amide bonds. The second kappa shape index (κ2) is 7.69. The first-order valence-corrected chi connectivity index (χ1v) is 8.21. The van der Waals surface area contributed by atoms with Gasteiger partial charge in [0.2, 0.25) is 0 Å². The van der Waals surface area contributed by atoms with Crippen molar-refractivity contribution >= 4 is 21.9 Å². The lowest BCUT2D eigenvalue weighted by atomic mass is 10.0. The Morgan fingerprint density at radius 3 is 2.95 bits per heavy atom. The number of rotatable bonds is 3. The van der Waals surface area contributed by atoms with Crippen LogP contribution in [0.4, 0.5) is 0 Å². The maximum Gasteiger partial charge on any atom is 0.193 e. The van der Waals surface area contributed by atoms with E-state index in [1.165, 1.54) is 18.4 Å². The number of halogens is 1. The summed E-state index contributed by atoms with van der Waals surface area (Å²) in [4.78, 5) is 6.77. The minimum atomic E-state index is 0.743. The quantitative estimate of drug-likeness (QED) is 0.669. The topological polar surface area (TPSA) is 36.9 Å². The first-order chi connectivity index (χ1) is 10.1. The SMILES string of the molecule is CN=C(NCc1ccc(OC)c(Br)c1)N1CCCC(C)C1. The van der Waals surface area contributed by atoms with Crippen molar-refractivity contribution in [2.45, 2.75) is 26.3 Å². The molecule has 0 radical (unpaired) electrons. The summed E-state index contributed by atoms with van der Waals surface area (Å²) in [6.45, 7) is 5.25. The van der Waals surface area contributed by atoms with Crippen molar-refractivity contribution in [1.29, 1.82) is 0 Å². The van der Waals surface area contributed by atoms with E-state index in [0.29, 0.717) is 0 Å². The van der Waals surface area contributed by atoms with Crippen molar-refractivity contribution in [2.75, 3.05) is 27.2 Å². The largest absolute Gasteiger partial charge is 0.496 e. The van der Waals surface area contributed by atoms with Crippen molar-refractivity contribution in [3.63, 3.8) is 0 Å². The summed E-state index contributed by atoms with van der Waals surface area (Å²) in [5.41, 5.74) is 1.20. The number of methoxy groups -OCH3 is 1. The van der Waals surface area contributed by atoms with E-state index in [-0.39, 0.29) is 0 Å². The van der Waals surface area contributed by atoms with Crippen molar-refractivity contribution < 1.29 is 4.74 Å². The Morgan fingerprint density at radius 1 is 1.52 bits per heavy atom. The van der Waals surface area contributed by atoms with Gasteiger partial charge in [0.05, 0.1) is 11.6 Å². The van der Waals surface area contributed by atoms with Crippen LogP contribution >= 0.6 is 15.9 Å². The maximum atomic E-state index is 5.25. The normalized spacial score (nSPS) is 19.5. The van der Waals surface area contributed by atoms with Crippen LogP contribution in [0.2, 0.25) is 0 Å². The zero-order chi connectivity index (χ0) is 15.2. The molecule has 1 fully saturated rings. The van der Waals surface area contributed by atoms with Crippen LogP contribution in [0.1, 0.15) is 25.3 Å². The molecule has 116 valence electrons. The van der Waals surface area contributed by atoms with Gasteiger partial charge in [0.25, 0.3) is 0 Å². The zero-order valence-corrected chi connectivity index (χ0v) is 14.6. The minimum Gasteiger partial charge on any atom is -0.496 e. The van der Waals surface area contributed by atoms with E-state index in [1.54, 1.807) is 7.11 Å². The summed E-state index contributed by atoms with van der Waals surface area (Å²) in [6.07, 6.45) is 2.56. The van der Waals surface area contributed by atoms with Crippen LogP contribution < -0.4 is 10.1 Å². The molecule has 4 nitrogen and oxygen atoms in total. The van der Waals surface area contributed by atoms with Gasteiger partial charge < -0.3 is 15.0 Å². The molecule has 1 atom stereocenters. The van der Waals surface area contributed by atoms with Gasteiger partial charge in [-0.1, -0.05) is 13.0 Å². The van der Waals surface area contributed by atoms with Crippen molar-refractivity contribution in [3.05, 3.63) is 28.2 Å². The van der Waals surface area contributed by atoms with Gasteiger partial charge in [0.1, 0.15) is 5.75 Å². The highest BCUT2D eigenvalue weighted by molar-refractivity contribution is 9.10. The van der Waals surface area contributed by atoms with E-state index in [2.05, 4.69) is 50.2 Å². The summed E-state index contributed by atoms with van der Waals surface area (Å²) in [6, 6.07) is 6.13. The summed E-state index contributed by atoms with van der Waals surface area (Å²) in [5, 5.41) is 3.45. The Hall–Kier alpha value is -1.23. The fraction of sp³-hybridized carbons (Fsp3) is 0.562. The molecule has 0 aliphatic carbocycles. The Balaban J connectivity index is 1.95. The van der Waals surface area contributed by atoms with Crippen molar-refractivity contribution in [2.24, 2.45) is 10.9 Å². The van der Waals surface area contributed by atoms with Gasteiger partial charge in [-0.2, -0.15) is 0 Å². The molecule has 5 heteroatoms. The van der Waals surface area contributed by atoms with E-state index in [9.17, 15) is 0 Å². The van der Waals surface area contributed by atoms with Crippen LogP contribution in [0.15, 0.2) is 27.7 Å². The molecule has 1 aliphatic rings. The van der Waals surface area contributed by atoms with Gasteiger partial charge in [0, 0.05) is 26.7 Å². The van der Waals surface area contributed by atoms with Gasteiger partial charge in [0.15, 0.2) is 5.96 Å². The van der Waals surface area contributed by atoms with E-state index < -0.39 is 0 Å². The molecule has 1 aromatic carbocycles. The zero-order valence-electron chi connectivity index (χ0n) is 13.0. The molecule has 1 unspecified atom stereocenters. The lowest BCUT2D eigenvalue weighted by Crippen LogP contribution is -2.45. The molecule has 0 saturated carbocycles. The highest BCUT2D eigenvalue weighted by atomic mass is 79.9. The minimum absolute atomic E-state index is 0.743. The molecule has 1 aromatic rings. The van der Waals surface area contributed by atoms with Gasteiger partial charge in [-0.15, -0.1) is 0 Å². The third-order valence-electron chi connectivity index (χ3n) is 3.84. The monoisotopic (exact) mass is 353 g/mol. The number of hydrogen-bond acceptors (Lipinski definition) is 2.